The quantitative estimate of drug-likeness (QED) is 0.621. The van der Waals surface area contributed by atoms with E-state index in [1.807, 2.05) is 0 Å². The van der Waals surface area contributed by atoms with E-state index in [2.05, 4.69) is 10.4 Å². The molecule has 0 spiro atoms. The zero-order valence-corrected chi connectivity index (χ0v) is 14.5. The van der Waals surface area contributed by atoms with Crippen LogP contribution >= 0.6 is 23.3 Å². The molecule has 1 amide bonds. The van der Waals surface area contributed by atoms with Crippen molar-refractivity contribution in [2.45, 2.75) is 4.90 Å². The van der Waals surface area contributed by atoms with Gasteiger partial charge in [-0.2, -0.15) is 9.64 Å². The average Bonchev–Trinajstić information content (AvgIpc) is 3.03. The number of halogens is 1. The lowest BCUT2D eigenvalue weighted by molar-refractivity contribution is 0.241. The number of hydrogen-bond donors (Lipinski definition) is 0. The first kappa shape index (κ1) is 16.4. The monoisotopic (exact) mass is 357 g/mol. The number of aromatic nitrogens is 1. The lowest BCUT2D eigenvalue weighted by Gasteiger charge is -2.14. The van der Waals surface area contributed by atoms with Crippen LogP contribution in [0.1, 0.15) is 5.56 Å². The summed E-state index contributed by atoms with van der Waals surface area (Å²) in [5, 5.41) is 9.38. The lowest BCUT2D eigenvalue weighted by atomic mass is 10.0. The maximum Gasteiger partial charge on any atom is 0.286 e. The summed E-state index contributed by atoms with van der Waals surface area (Å²) >= 11 is 2.11. The van der Waals surface area contributed by atoms with Crippen LogP contribution in [0.4, 0.5) is 9.18 Å². The molecule has 0 fully saturated rings. The van der Waals surface area contributed by atoms with Crippen LogP contribution < -0.4 is 0 Å². The normalized spacial score (nSPS) is 10.6. The van der Waals surface area contributed by atoms with Gasteiger partial charge in [-0.1, -0.05) is 12.1 Å². The van der Waals surface area contributed by atoms with Crippen molar-refractivity contribution in [1.82, 2.24) is 9.27 Å². The van der Waals surface area contributed by atoms with Gasteiger partial charge in [-0.05, 0) is 47.1 Å². The van der Waals surface area contributed by atoms with Gasteiger partial charge in [0.1, 0.15) is 5.82 Å². The fraction of sp³-hybridized carbons (Fsp3) is 0.118. The minimum atomic E-state index is -0.456. The molecule has 4 nitrogen and oxygen atoms in total. The van der Waals surface area contributed by atoms with Gasteiger partial charge in [-0.15, -0.1) is 0 Å². The predicted octanol–water partition coefficient (Wildman–Crippen LogP) is 4.75. The third-order valence-corrected chi connectivity index (χ3v) is 5.38. The van der Waals surface area contributed by atoms with E-state index in [0.717, 1.165) is 22.0 Å². The number of fused-ring (bicyclic) bond motifs is 1. The molecule has 0 unspecified atom stereocenters. The molecule has 3 aromatic rings. The van der Waals surface area contributed by atoms with Crippen molar-refractivity contribution < 1.29 is 9.18 Å². The Bertz CT molecular complexity index is 958. The largest absolute Gasteiger partial charge is 0.339 e. The SMILES string of the molecule is CN(C)C(=O)Sc1c(F)cc2cnsc2c1-c1ccc(C#N)cc1. The van der Waals surface area contributed by atoms with Crippen molar-refractivity contribution >= 4 is 38.6 Å². The van der Waals surface area contributed by atoms with Crippen molar-refractivity contribution in [2.75, 3.05) is 14.1 Å². The fourth-order valence-electron chi connectivity index (χ4n) is 2.22. The van der Waals surface area contributed by atoms with E-state index in [9.17, 15) is 9.18 Å². The number of amides is 1. The van der Waals surface area contributed by atoms with Crippen LogP contribution in [-0.4, -0.2) is 28.6 Å². The molecule has 7 heteroatoms. The Morgan fingerprint density at radius 3 is 2.67 bits per heavy atom. The average molecular weight is 357 g/mol. The molecular weight excluding hydrogens is 345 g/mol. The number of nitriles is 1. The molecule has 0 aliphatic rings. The van der Waals surface area contributed by atoms with Crippen molar-refractivity contribution in [1.29, 1.82) is 5.26 Å². The highest BCUT2D eigenvalue weighted by Gasteiger charge is 2.21. The summed E-state index contributed by atoms with van der Waals surface area (Å²) in [5.74, 6) is -0.456. The molecule has 0 aliphatic heterocycles. The predicted molar refractivity (Wildman–Crippen MR) is 94.7 cm³/mol. The van der Waals surface area contributed by atoms with Crippen LogP contribution in [0.15, 0.2) is 41.4 Å². The third-order valence-electron chi connectivity index (χ3n) is 3.41. The maximum absolute atomic E-state index is 14.6. The molecule has 0 bridgehead atoms. The second-order valence-electron chi connectivity index (χ2n) is 5.26. The van der Waals surface area contributed by atoms with Crippen LogP contribution in [0.2, 0.25) is 0 Å². The Hall–Kier alpha value is -2.43. The summed E-state index contributed by atoms with van der Waals surface area (Å²) in [6, 6.07) is 10.3. The highest BCUT2D eigenvalue weighted by molar-refractivity contribution is 8.13. The molecule has 1 aromatic heterocycles. The Balaban J connectivity index is 2.24. The van der Waals surface area contributed by atoms with Crippen molar-refractivity contribution in [3.8, 4) is 17.2 Å². The van der Waals surface area contributed by atoms with E-state index in [-0.39, 0.29) is 10.1 Å². The number of benzene rings is 2. The summed E-state index contributed by atoms with van der Waals surface area (Å²) < 4.78 is 19.6. The molecule has 0 atom stereocenters. The highest BCUT2D eigenvalue weighted by atomic mass is 32.2. The molecular formula is C17H12FN3OS2. The van der Waals surface area contributed by atoms with Gasteiger partial charge in [0.05, 0.1) is 21.2 Å². The molecule has 0 N–H and O–H groups in total. The van der Waals surface area contributed by atoms with Crippen LogP contribution in [0.5, 0.6) is 0 Å². The van der Waals surface area contributed by atoms with Gasteiger partial charge in [0.2, 0.25) is 0 Å². The number of hydrogen-bond acceptors (Lipinski definition) is 5. The number of nitrogens with zero attached hydrogens (tertiary/aromatic N) is 3. The topological polar surface area (TPSA) is 57.0 Å². The molecule has 0 aliphatic carbocycles. The van der Waals surface area contributed by atoms with Crippen LogP contribution in [-0.2, 0) is 0 Å². The van der Waals surface area contributed by atoms with Crippen molar-refractivity contribution in [2.24, 2.45) is 0 Å². The minimum Gasteiger partial charge on any atom is -0.339 e. The molecule has 24 heavy (non-hydrogen) atoms. The van der Waals surface area contributed by atoms with E-state index >= 15 is 0 Å². The third kappa shape index (κ3) is 2.98. The second kappa shape index (κ2) is 6.59. The summed E-state index contributed by atoms with van der Waals surface area (Å²) in [7, 11) is 3.25. The first-order chi connectivity index (χ1) is 11.5. The smallest absolute Gasteiger partial charge is 0.286 e. The van der Waals surface area contributed by atoms with Gasteiger partial charge < -0.3 is 4.90 Å². The van der Waals surface area contributed by atoms with Gasteiger partial charge in [-0.25, -0.2) is 4.39 Å². The second-order valence-corrected chi connectivity index (χ2v) is 7.02. The van der Waals surface area contributed by atoms with Gasteiger partial charge in [0.25, 0.3) is 5.24 Å². The van der Waals surface area contributed by atoms with Crippen molar-refractivity contribution in [3.05, 3.63) is 47.9 Å². The summed E-state index contributed by atoms with van der Waals surface area (Å²) in [6.07, 6.45) is 1.61. The fourth-order valence-corrected chi connectivity index (χ4v) is 3.92. The molecule has 3 rings (SSSR count). The summed E-state index contributed by atoms with van der Waals surface area (Å²) in [4.78, 5) is 13.8. The van der Waals surface area contributed by atoms with Crippen molar-refractivity contribution in [3.63, 3.8) is 0 Å². The first-order valence-electron chi connectivity index (χ1n) is 6.98. The number of carbonyl (C=O) groups excluding carboxylic acids is 1. The van der Waals surface area contributed by atoms with E-state index in [1.165, 1.54) is 22.5 Å². The van der Waals surface area contributed by atoms with Crippen LogP contribution in [0.3, 0.4) is 0 Å². The Kier molecular flexibility index (Phi) is 4.51. The van der Waals surface area contributed by atoms with Crippen LogP contribution in [0.25, 0.3) is 21.2 Å². The summed E-state index contributed by atoms with van der Waals surface area (Å²) in [5.41, 5.74) is 1.91. The first-order valence-corrected chi connectivity index (χ1v) is 8.57. The van der Waals surface area contributed by atoms with E-state index in [4.69, 9.17) is 5.26 Å². The number of thioether (sulfide) groups is 1. The van der Waals surface area contributed by atoms with Gasteiger partial charge in [0.15, 0.2) is 0 Å². The Labute approximate surface area is 146 Å². The molecule has 0 saturated heterocycles. The van der Waals surface area contributed by atoms with Gasteiger partial charge in [-0.3, -0.25) is 4.79 Å². The van der Waals surface area contributed by atoms with E-state index in [1.54, 1.807) is 44.6 Å². The van der Waals surface area contributed by atoms with E-state index < -0.39 is 5.82 Å². The van der Waals surface area contributed by atoms with Crippen LogP contribution in [0, 0.1) is 17.1 Å². The molecule has 1 heterocycles. The van der Waals surface area contributed by atoms with Gasteiger partial charge >= 0.3 is 0 Å². The molecule has 120 valence electrons. The number of carbonyl (C=O) groups is 1. The number of rotatable bonds is 2. The maximum atomic E-state index is 14.6. The Morgan fingerprint density at radius 1 is 1.33 bits per heavy atom. The minimum absolute atomic E-state index is 0.257. The summed E-state index contributed by atoms with van der Waals surface area (Å²) in [6.45, 7) is 0. The highest BCUT2D eigenvalue weighted by Crippen LogP contribution is 2.41. The molecule has 0 saturated carbocycles. The van der Waals surface area contributed by atoms with Gasteiger partial charge in [0, 0.05) is 31.2 Å². The zero-order valence-electron chi connectivity index (χ0n) is 12.9. The molecule has 2 aromatic carbocycles. The standard InChI is InChI=1S/C17H12FN3OS2/c1-21(2)17(22)23-16-13(18)7-12-9-20-24-15(12)14(16)11-5-3-10(8-19)4-6-11/h3-7,9H,1-2H3. The van der Waals surface area contributed by atoms with E-state index in [0.29, 0.717) is 16.5 Å². The lowest BCUT2D eigenvalue weighted by Crippen LogP contribution is -2.16. The Morgan fingerprint density at radius 2 is 2.04 bits per heavy atom. The zero-order chi connectivity index (χ0) is 17.3. The molecule has 0 radical (unpaired) electrons.